The highest BCUT2D eigenvalue weighted by molar-refractivity contribution is 8.00. The molecule has 24 heavy (non-hydrogen) atoms. The van der Waals surface area contributed by atoms with Crippen LogP contribution in [-0.2, 0) is 16.2 Å². The van der Waals surface area contributed by atoms with Gasteiger partial charge in [-0.3, -0.25) is 4.79 Å². The van der Waals surface area contributed by atoms with Crippen LogP contribution in [0.4, 0.5) is 4.39 Å². The van der Waals surface area contributed by atoms with Crippen molar-refractivity contribution in [3.8, 4) is 5.69 Å². The summed E-state index contributed by atoms with van der Waals surface area (Å²) in [6, 6.07) is 6.03. The molecule has 0 amide bonds. The van der Waals surface area contributed by atoms with Gasteiger partial charge in [0, 0.05) is 5.75 Å². The average Bonchev–Trinajstić information content (AvgIpc) is 2.95. The zero-order chi connectivity index (χ0) is 17.1. The second-order valence-electron chi connectivity index (χ2n) is 5.40. The summed E-state index contributed by atoms with van der Waals surface area (Å²) in [7, 11) is 1.40. The van der Waals surface area contributed by atoms with Gasteiger partial charge in [-0.05, 0) is 40.8 Å². The number of nitrogens with zero attached hydrogens (tertiary/aromatic N) is 4. The molecular formula is C14H17FN5O2S2+. The zero-order valence-corrected chi connectivity index (χ0v) is 14.6. The molecule has 3 rings (SSSR count). The maximum absolute atomic E-state index is 13.4. The highest BCUT2D eigenvalue weighted by Crippen LogP contribution is 2.13. The molecule has 10 heteroatoms. The van der Waals surface area contributed by atoms with E-state index in [4.69, 9.17) is 17.0 Å². The van der Waals surface area contributed by atoms with Crippen LogP contribution in [0.5, 0.6) is 0 Å². The minimum Gasteiger partial charge on any atom is -0.468 e. The number of hydrogen-bond donors (Lipinski definition) is 1. The summed E-state index contributed by atoms with van der Waals surface area (Å²) in [5.74, 6) is 0.299. The third-order valence-corrected chi connectivity index (χ3v) is 5.36. The van der Waals surface area contributed by atoms with E-state index in [2.05, 4.69) is 10.4 Å². The van der Waals surface area contributed by atoms with Gasteiger partial charge in [0.15, 0.2) is 11.9 Å². The Kier molecular flexibility index (Phi) is 5.27. The van der Waals surface area contributed by atoms with E-state index in [0.29, 0.717) is 23.7 Å². The van der Waals surface area contributed by atoms with Crippen molar-refractivity contribution in [2.24, 2.45) is 0 Å². The van der Waals surface area contributed by atoms with Gasteiger partial charge in [-0.1, -0.05) is 6.07 Å². The molecule has 0 aliphatic carbocycles. The summed E-state index contributed by atoms with van der Waals surface area (Å²) in [6.45, 7) is 2.04. The number of esters is 1. The van der Waals surface area contributed by atoms with Crippen LogP contribution >= 0.6 is 24.0 Å². The van der Waals surface area contributed by atoms with Crippen LogP contribution in [0.3, 0.4) is 0 Å². The number of halogens is 1. The molecule has 128 valence electrons. The van der Waals surface area contributed by atoms with E-state index in [1.54, 1.807) is 28.6 Å². The Morgan fingerprint density at radius 3 is 3.12 bits per heavy atom. The van der Waals surface area contributed by atoms with E-state index in [1.807, 2.05) is 0 Å². The van der Waals surface area contributed by atoms with Crippen molar-refractivity contribution in [1.82, 2.24) is 19.8 Å². The molecule has 0 bridgehead atoms. The van der Waals surface area contributed by atoms with Crippen LogP contribution in [0.15, 0.2) is 24.3 Å². The average molecular weight is 370 g/mol. The van der Waals surface area contributed by atoms with E-state index in [0.717, 1.165) is 12.3 Å². The molecule has 1 aromatic heterocycles. The van der Waals surface area contributed by atoms with Gasteiger partial charge in [0.25, 0.3) is 0 Å². The molecule has 1 N–H and O–H groups in total. The fourth-order valence-corrected chi connectivity index (χ4v) is 4.07. The molecule has 7 nitrogen and oxygen atoms in total. The molecule has 1 aliphatic heterocycles. The number of quaternary nitrogens is 1. The number of hydrogen-bond acceptors (Lipinski definition) is 6. The first-order valence-electron chi connectivity index (χ1n) is 7.40. The molecule has 2 heterocycles. The van der Waals surface area contributed by atoms with Crippen LogP contribution in [0.2, 0.25) is 0 Å². The maximum Gasteiger partial charge on any atom is 0.324 e. The number of ether oxygens (including phenoxy) is 1. The first-order valence-corrected chi connectivity index (χ1v) is 8.86. The third kappa shape index (κ3) is 3.65. The van der Waals surface area contributed by atoms with Crippen molar-refractivity contribution < 1.29 is 18.8 Å². The second kappa shape index (κ2) is 7.41. The van der Waals surface area contributed by atoms with Crippen molar-refractivity contribution in [3.63, 3.8) is 0 Å². The number of carbonyl (C=O) groups excluding carboxylic acids is 1. The van der Waals surface area contributed by atoms with Gasteiger partial charge < -0.3 is 9.64 Å². The smallest absolute Gasteiger partial charge is 0.324 e. The van der Waals surface area contributed by atoms with Crippen LogP contribution < -0.4 is 4.90 Å². The van der Waals surface area contributed by atoms with Crippen molar-refractivity contribution in [3.05, 3.63) is 34.9 Å². The molecule has 2 atom stereocenters. The van der Waals surface area contributed by atoms with E-state index >= 15 is 0 Å². The summed E-state index contributed by atoms with van der Waals surface area (Å²) in [5, 5.41) is 7.90. The van der Waals surface area contributed by atoms with Crippen molar-refractivity contribution in [2.45, 2.75) is 11.9 Å². The Bertz CT molecular complexity index is 793. The minimum atomic E-state index is -0.358. The molecule has 1 fully saturated rings. The van der Waals surface area contributed by atoms with Gasteiger partial charge >= 0.3 is 5.97 Å². The van der Waals surface area contributed by atoms with Crippen LogP contribution in [0.25, 0.3) is 5.69 Å². The number of methoxy groups -OCH3 is 1. The van der Waals surface area contributed by atoms with Gasteiger partial charge in [-0.25, -0.2) is 4.39 Å². The van der Waals surface area contributed by atoms with Crippen molar-refractivity contribution >= 4 is 29.9 Å². The van der Waals surface area contributed by atoms with Gasteiger partial charge in [-0.2, -0.15) is 9.36 Å². The topological polar surface area (TPSA) is 66.4 Å². The first kappa shape index (κ1) is 17.1. The summed E-state index contributed by atoms with van der Waals surface area (Å²) < 4.78 is 21.6. The number of thioether (sulfide) groups is 1. The maximum atomic E-state index is 13.4. The van der Waals surface area contributed by atoms with Crippen LogP contribution in [-0.4, -0.2) is 57.0 Å². The van der Waals surface area contributed by atoms with Crippen molar-refractivity contribution in [2.75, 3.05) is 26.0 Å². The Morgan fingerprint density at radius 1 is 1.54 bits per heavy atom. The predicted octanol–water partition coefficient (Wildman–Crippen LogP) is 0.0682. The largest absolute Gasteiger partial charge is 0.468 e. The number of carbonyl (C=O) groups is 1. The molecule has 0 saturated carbocycles. The monoisotopic (exact) mass is 370 g/mol. The summed E-state index contributed by atoms with van der Waals surface area (Å²) >= 11 is 7.00. The van der Waals surface area contributed by atoms with Gasteiger partial charge in [0.05, 0.1) is 19.3 Å². The van der Waals surface area contributed by atoms with Crippen molar-refractivity contribution in [1.29, 1.82) is 0 Å². The minimum absolute atomic E-state index is 0.175. The van der Waals surface area contributed by atoms with Gasteiger partial charge in [0.1, 0.15) is 12.4 Å². The number of aromatic nitrogens is 4. The molecule has 1 aliphatic rings. The van der Waals surface area contributed by atoms with Gasteiger partial charge in [-0.15, -0.1) is 11.8 Å². The van der Waals surface area contributed by atoms with E-state index in [9.17, 15) is 9.18 Å². The highest BCUT2D eigenvalue weighted by atomic mass is 32.2. The fourth-order valence-electron chi connectivity index (χ4n) is 2.55. The first-order chi connectivity index (χ1) is 11.6. The lowest BCUT2D eigenvalue weighted by Crippen LogP contribution is -3.14. The lowest BCUT2D eigenvalue weighted by molar-refractivity contribution is -0.921. The lowest BCUT2D eigenvalue weighted by atomic mass is 10.3. The lowest BCUT2D eigenvalue weighted by Gasteiger charge is -2.27. The fraction of sp³-hybridized carbons (Fsp3) is 0.429. The van der Waals surface area contributed by atoms with Crippen LogP contribution in [0, 0.1) is 10.6 Å². The predicted molar refractivity (Wildman–Crippen MR) is 89.1 cm³/mol. The quantitative estimate of drug-likeness (QED) is 0.607. The third-order valence-electron chi connectivity index (χ3n) is 3.78. The number of benzene rings is 1. The number of tetrazole rings is 1. The zero-order valence-electron chi connectivity index (χ0n) is 13.0. The van der Waals surface area contributed by atoms with Gasteiger partial charge in [0.2, 0.25) is 4.77 Å². The molecule has 0 radical (unpaired) electrons. The highest BCUT2D eigenvalue weighted by Gasteiger charge is 2.30. The summed E-state index contributed by atoms with van der Waals surface area (Å²) in [5.41, 5.74) is 0.530. The molecule has 1 saturated heterocycles. The standard InChI is InChI=1S/C14H16FN5O2S2/c1-22-13(21)12-8-18(5-6-24-12)9-19-14(23)20(17-16-19)11-4-2-3-10(15)7-11/h2-4,7,12H,5-6,8-9H2,1H3/p+1/t12-/m0/s1. The Hall–Kier alpha value is -1.78. The number of nitrogens with one attached hydrogen (secondary N) is 1. The second-order valence-corrected chi connectivity index (χ2v) is 7.07. The number of rotatable bonds is 4. The van der Waals surface area contributed by atoms with E-state index < -0.39 is 0 Å². The molecule has 0 spiro atoms. The Balaban J connectivity index is 1.75. The summed E-state index contributed by atoms with van der Waals surface area (Å²) in [4.78, 5) is 12.9. The molecule has 2 aromatic rings. The Morgan fingerprint density at radius 2 is 2.38 bits per heavy atom. The van der Waals surface area contributed by atoms with E-state index in [1.165, 1.54) is 28.8 Å². The molecule has 1 aromatic carbocycles. The molecular weight excluding hydrogens is 353 g/mol. The summed E-state index contributed by atoms with van der Waals surface area (Å²) in [6.07, 6.45) is 0. The SMILES string of the molecule is COC(=O)[C@@H]1C[NH+](Cn2nnn(-c3cccc(F)c3)c2=S)CCS1. The normalized spacial score (nSPS) is 20.8. The Labute approximate surface area is 147 Å². The van der Waals surface area contributed by atoms with Crippen LogP contribution in [0.1, 0.15) is 0 Å². The molecule has 1 unspecified atom stereocenters. The van der Waals surface area contributed by atoms with E-state index in [-0.39, 0.29) is 17.0 Å².